The highest BCUT2D eigenvalue weighted by Gasteiger charge is 2.48. The number of alkyl halides is 1. The van der Waals surface area contributed by atoms with Gasteiger partial charge < -0.3 is 5.32 Å². The van der Waals surface area contributed by atoms with Gasteiger partial charge in [0.15, 0.2) is 0 Å². The first-order chi connectivity index (χ1) is 12.2. The molecule has 0 bridgehead atoms. The second-order valence-electron chi connectivity index (χ2n) is 7.67. The van der Waals surface area contributed by atoms with E-state index in [9.17, 15) is 9.59 Å². The molecule has 1 saturated carbocycles. The Hall–Kier alpha value is -1.59. The van der Waals surface area contributed by atoms with Crippen molar-refractivity contribution < 1.29 is 9.59 Å². The number of rotatable bonds is 3. The molecule has 2 fully saturated rings. The zero-order valence-electron chi connectivity index (χ0n) is 15.1. The molecule has 5 nitrogen and oxygen atoms in total. The third-order valence-corrected chi connectivity index (χ3v) is 6.29. The van der Waals surface area contributed by atoms with Crippen LogP contribution in [-0.4, -0.2) is 28.9 Å². The molecule has 0 spiro atoms. The minimum atomic E-state index is -0.816. The Morgan fingerprint density at radius 3 is 2.58 bits per heavy atom. The van der Waals surface area contributed by atoms with Crippen LogP contribution in [0.1, 0.15) is 39.2 Å². The zero-order valence-corrected chi connectivity index (χ0v) is 16.6. The van der Waals surface area contributed by atoms with Crippen molar-refractivity contribution in [2.45, 2.75) is 50.4 Å². The Morgan fingerprint density at radius 2 is 1.92 bits per heavy atom. The molecule has 0 aromatic heterocycles. The summed E-state index contributed by atoms with van der Waals surface area (Å²) in [5, 5.41) is 7.60. The first-order valence-corrected chi connectivity index (χ1v) is 9.62. The van der Waals surface area contributed by atoms with Gasteiger partial charge >= 0.3 is 0 Å². The predicted octanol–water partition coefficient (Wildman–Crippen LogP) is 3.24. The molecule has 1 saturated heterocycles. The molecule has 1 aliphatic heterocycles. The average molecular weight is 396 g/mol. The molecule has 1 aromatic rings. The second kappa shape index (κ2) is 7.20. The molecular weight excluding hydrogens is 373 g/mol. The van der Waals surface area contributed by atoms with E-state index in [4.69, 9.17) is 23.2 Å². The number of nitrogens with zero attached hydrogens (tertiary/aromatic N) is 1. The number of benzene rings is 1. The van der Waals surface area contributed by atoms with Gasteiger partial charge in [-0.15, -0.1) is 11.6 Å². The molecule has 4 unspecified atom stereocenters. The van der Waals surface area contributed by atoms with Crippen molar-refractivity contribution in [3.63, 3.8) is 0 Å². The number of carbonyl (C=O) groups is 2. The maximum Gasteiger partial charge on any atom is 0.268 e. The lowest BCUT2D eigenvalue weighted by Gasteiger charge is -2.33. The highest BCUT2D eigenvalue weighted by molar-refractivity contribution is 6.43. The van der Waals surface area contributed by atoms with Gasteiger partial charge in [0.1, 0.15) is 5.71 Å². The highest BCUT2D eigenvalue weighted by Crippen LogP contribution is 2.37. The van der Waals surface area contributed by atoms with E-state index in [0.29, 0.717) is 16.7 Å². The van der Waals surface area contributed by atoms with Gasteiger partial charge in [-0.05, 0) is 50.3 Å². The van der Waals surface area contributed by atoms with Crippen LogP contribution < -0.4 is 10.7 Å². The van der Waals surface area contributed by atoms with Crippen LogP contribution in [0.5, 0.6) is 0 Å². The Morgan fingerprint density at radius 1 is 1.27 bits per heavy atom. The van der Waals surface area contributed by atoms with Gasteiger partial charge in [0, 0.05) is 22.4 Å². The van der Waals surface area contributed by atoms with E-state index in [2.05, 4.69) is 22.8 Å². The zero-order chi connectivity index (χ0) is 19.1. The number of carbonyl (C=O) groups excluding carboxylic acids is 2. The number of fused-ring (bicyclic) bond motifs is 1. The highest BCUT2D eigenvalue weighted by atomic mass is 35.5. The van der Waals surface area contributed by atoms with Crippen LogP contribution in [0.15, 0.2) is 29.4 Å². The second-order valence-corrected chi connectivity index (χ2v) is 8.66. The number of hydrogen-bond acceptors (Lipinski definition) is 3. The largest absolute Gasteiger partial charge is 0.347 e. The molecule has 4 atom stereocenters. The summed E-state index contributed by atoms with van der Waals surface area (Å²) in [6, 6.07) is 7.09. The maximum atomic E-state index is 12.7. The number of amides is 2. The van der Waals surface area contributed by atoms with Gasteiger partial charge in [0.05, 0.1) is 5.41 Å². The third-order valence-electron chi connectivity index (χ3n) is 5.54. The average Bonchev–Trinajstić information content (AvgIpc) is 2.94. The molecular formula is C19H23Cl2N3O2. The molecule has 1 aliphatic carbocycles. The quantitative estimate of drug-likeness (QED) is 0.608. The summed E-state index contributed by atoms with van der Waals surface area (Å²) in [6.45, 7) is 5.71. The number of hydrazone groups is 1. The molecule has 2 N–H and O–H groups in total. The summed E-state index contributed by atoms with van der Waals surface area (Å²) >= 11 is 12.4. The van der Waals surface area contributed by atoms with Gasteiger partial charge in [-0.2, -0.15) is 5.10 Å². The van der Waals surface area contributed by atoms with Crippen molar-refractivity contribution in [1.29, 1.82) is 0 Å². The van der Waals surface area contributed by atoms with Gasteiger partial charge in [-0.3, -0.25) is 9.59 Å². The van der Waals surface area contributed by atoms with Crippen LogP contribution in [0.4, 0.5) is 0 Å². The van der Waals surface area contributed by atoms with Crippen LogP contribution in [0.25, 0.3) is 0 Å². The molecule has 140 valence electrons. The molecule has 2 amide bonds. The van der Waals surface area contributed by atoms with Crippen molar-refractivity contribution in [2.24, 2.45) is 16.9 Å². The van der Waals surface area contributed by atoms with Crippen LogP contribution in [-0.2, 0) is 15.0 Å². The summed E-state index contributed by atoms with van der Waals surface area (Å²) in [7, 11) is 0. The van der Waals surface area contributed by atoms with Crippen molar-refractivity contribution in [1.82, 2.24) is 10.7 Å². The molecule has 1 heterocycles. The van der Waals surface area contributed by atoms with Gasteiger partial charge in [-0.1, -0.05) is 30.7 Å². The Bertz CT molecular complexity index is 746. The Labute approximate surface area is 163 Å². The van der Waals surface area contributed by atoms with Gasteiger partial charge in [0.25, 0.3) is 5.91 Å². The van der Waals surface area contributed by atoms with Gasteiger partial charge in [0.2, 0.25) is 5.91 Å². The Kier molecular flexibility index (Phi) is 5.31. The molecule has 7 heteroatoms. The molecule has 26 heavy (non-hydrogen) atoms. The first kappa shape index (κ1) is 19.2. The Balaban J connectivity index is 1.78. The maximum absolute atomic E-state index is 12.7. The third kappa shape index (κ3) is 3.47. The van der Waals surface area contributed by atoms with Crippen LogP contribution >= 0.6 is 23.2 Å². The van der Waals surface area contributed by atoms with E-state index >= 15 is 0 Å². The molecule has 0 radical (unpaired) electrons. The van der Waals surface area contributed by atoms with Crippen LogP contribution in [0.2, 0.25) is 5.02 Å². The topological polar surface area (TPSA) is 70.6 Å². The van der Waals surface area contributed by atoms with Crippen molar-refractivity contribution in [3.8, 4) is 0 Å². The van der Waals surface area contributed by atoms with E-state index in [1.165, 1.54) is 0 Å². The SMILES string of the molecule is CC1CCC(Cl)C2/C(=N/NC(=O)C(C)(C)c3ccc(Cl)cc3)C(=O)NC12. The molecule has 1 aromatic carbocycles. The lowest BCUT2D eigenvalue weighted by Crippen LogP contribution is -2.43. The summed E-state index contributed by atoms with van der Waals surface area (Å²) in [4.78, 5) is 25.0. The number of halogens is 2. The standard InChI is InChI=1S/C19H23Cl2N3O2/c1-10-4-9-13(21)14-15(10)22-17(25)16(14)23-24-18(26)19(2,3)11-5-7-12(20)8-6-11/h5-8,10,13-15H,4,9H2,1-3H3,(H,22,25)(H,24,26)/b23-16-. The van der Waals surface area contributed by atoms with Crippen LogP contribution in [0, 0.1) is 11.8 Å². The van der Waals surface area contributed by atoms with Crippen molar-refractivity contribution in [2.75, 3.05) is 0 Å². The number of hydrogen-bond donors (Lipinski definition) is 2. The van der Waals surface area contributed by atoms with Crippen LogP contribution in [0.3, 0.4) is 0 Å². The summed E-state index contributed by atoms with van der Waals surface area (Å²) in [5.41, 5.74) is 2.89. The summed E-state index contributed by atoms with van der Waals surface area (Å²) in [5.74, 6) is -0.373. The predicted molar refractivity (Wildman–Crippen MR) is 104 cm³/mol. The first-order valence-electron chi connectivity index (χ1n) is 8.81. The lowest BCUT2D eigenvalue weighted by atomic mass is 9.77. The van der Waals surface area contributed by atoms with E-state index < -0.39 is 5.41 Å². The van der Waals surface area contributed by atoms with Crippen molar-refractivity contribution >= 4 is 40.7 Å². The fourth-order valence-electron chi connectivity index (χ4n) is 3.68. The fourth-order valence-corrected chi connectivity index (χ4v) is 4.21. The summed E-state index contributed by atoms with van der Waals surface area (Å²) in [6.07, 6.45) is 1.81. The fraction of sp³-hybridized carbons (Fsp3) is 0.526. The van der Waals surface area contributed by atoms with E-state index in [1.807, 2.05) is 12.1 Å². The summed E-state index contributed by atoms with van der Waals surface area (Å²) < 4.78 is 0. The normalized spacial score (nSPS) is 30.0. The van der Waals surface area contributed by atoms with Crippen molar-refractivity contribution in [3.05, 3.63) is 34.9 Å². The van der Waals surface area contributed by atoms with E-state index in [0.717, 1.165) is 18.4 Å². The van der Waals surface area contributed by atoms with E-state index in [1.54, 1.807) is 26.0 Å². The smallest absolute Gasteiger partial charge is 0.268 e. The minimum absolute atomic E-state index is 0.0151. The molecule has 2 aliphatic rings. The number of nitrogens with one attached hydrogen (secondary N) is 2. The monoisotopic (exact) mass is 395 g/mol. The minimum Gasteiger partial charge on any atom is -0.347 e. The molecule has 3 rings (SSSR count). The van der Waals surface area contributed by atoms with Gasteiger partial charge in [-0.25, -0.2) is 5.43 Å². The van der Waals surface area contributed by atoms with E-state index in [-0.39, 0.29) is 29.2 Å². The lowest BCUT2D eigenvalue weighted by molar-refractivity contribution is -0.125.